The molecule has 0 saturated carbocycles. The van der Waals surface area contributed by atoms with E-state index in [9.17, 15) is 0 Å². The fourth-order valence-electron chi connectivity index (χ4n) is 1.81. The van der Waals surface area contributed by atoms with E-state index in [4.69, 9.17) is 0 Å². The number of rotatable bonds is 6. The van der Waals surface area contributed by atoms with Crippen LogP contribution in [0.25, 0.3) is 0 Å². The Kier molecular flexibility index (Phi) is 5.28. The molecular formula is C13H16BrN3S. The molecule has 0 amide bonds. The van der Waals surface area contributed by atoms with E-state index >= 15 is 0 Å². The standard InChI is InChI=1S/C13H16BrN3S/c1-2-7-15-12(13-9-16-18-17-13)8-10-5-3-4-6-11(10)14/h3-6,9,12,15H,2,7-8H2,1H3. The van der Waals surface area contributed by atoms with Gasteiger partial charge in [-0.3, -0.25) is 0 Å². The zero-order valence-corrected chi connectivity index (χ0v) is 12.7. The van der Waals surface area contributed by atoms with Crippen molar-refractivity contribution in [1.29, 1.82) is 0 Å². The van der Waals surface area contributed by atoms with Gasteiger partial charge in [-0.05, 0) is 31.0 Å². The molecule has 96 valence electrons. The van der Waals surface area contributed by atoms with Gasteiger partial charge in [0, 0.05) is 4.47 Å². The lowest BCUT2D eigenvalue weighted by molar-refractivity contribution is 0.520. The summed E-state index contributed by atoms with van der Waals surface area (Å²) in [4.78, 5) is 0. The number of benzene rings is 1. The topological polar surface area (TPSA) is 37.8 Å². The van der Waals surface area contributed by atoms with Gasteiger partial charge in [0.15, 0.2) is 0 Å². The lowest BCUT2D eigenvalue weighted by Gasteiger charge is -2.16. The SMILES string of the molecule is CCCNC(Cc1ccccc1Br)c1cnsn1. The zero-order chi connectivity index (χ0) is 12.8. The molecule has 1 aromatic carbocycles. The molecule has 0 aliphatic heterocycles. The summed E-state index contributed by atoms with van der Waals surface area (Å²) in [7, 11) is 0. The van der Waals surface area contributed by atoms with Gasteiger partial charge in [0.05, 0.1) is 29.7 Å². The second-order valence-electron chi connectivity index (χ2n) is 4.13. The van der Waals surface area contributed by atoms with Gasteiger partial charge in [0.2, 0.25) is 0 Å². The highest BCUT2D eigenvalue weighted by Gasteiger charge is 2.15. The number of nitrogens with one attached hydrogen (secondary N) is 1. The first-order valence-corrected chi connectivity index (χ1v) is 7.58. The Morgan fingerprint density at radius 1 is 1.39 bits per heavy atom. The molecule has 0 saturated heterocycles. The van der Waals surface area contributed by atoms with E-state index in [-0.39, 0.29) is 6.04 Å². The minimum atomic E-state index is 0.238. The molecule has 5 heteroatoms. The third kappa shape index (κ3) is 3.60. The van der Waals surface area contributed by atoms with Crippen molar-refractivity contribution in [2.45, 2.75) is 25.8 Å². The number of aromatic nitrogens is 2. The zero-order valence-electron chi connectivity index (χ0n) is 10.3. The van der Waals surface area contributed by atoms with Crippen LogP contribution in [0.2, 0.25) is 0 Å². The Hall–Kier alpha value is -0.780. The van der Waals surface area contributed by atoms with Crippen LogP contribution in [0.5, 0.6) is 0 Å². The molecule has 1 N–H and O–H groups in total. The third-order valence-electron chi connectivity index (χ3n) is 2.76. The summed E-state index contributed by atoms with van der Waals surface area (Å²) >= 11 is 4.86. The number of halogens is 1. The Morgan fingerprint density at radius 2 is 2.22 bits per heavy atom. The molecule has 3 nitrogen and oxygen atoms in total. The lowest BCUT2D eigenvalue weighted by atomic mass is 10.0. The Labute approximate surface area is 120 Å². The average molecular weight is 326 g/mol. The van der Waals surface area contributed by atoms with Gasteiger partial charge in [-0.15, -0.1) is 0 Å². The second-order valence-corrected chi connectivity index (χ2v) is 5.55. The Balaban J connectivity index is 2.13. The van der Waals surface area contributed by atoms with Crippen LogP contribution in [0.1, 0.15) is 30.6 Å². The fraction of sp³-hybridized carbons (Fsp3) is 0.385. The van der Waals surface area contributed by atoms with Crippen molar-refractivity contribution in [3.63, 3.8) is 0 Å². The summed E-state index contributed by atoms with van der Waals surface area (Å²) in [6.45, 7) is 3.16. The number of hydrogen-bond acceptors (Lipinski definition) is 4. The van der Waals surface area contributed by atoms with E-state index in [1.807, 2.05) is 12.3 Å². The maximum atomic E-state index is 4.35. The number of hydrogen-bond donors (Lipinski definition) is 1. The molecule has 0 aliphatic carbocycles. The van der Waals surface area contributed by atoms with Crippen molar-refractivity contribution in [3.05, 3.63) is 46.2 Å². The van der Waals surface area contributed by atoms with E-state index in [1.165, 1.54) is 17.3 Å². The van der Waals surface area contributed by atoms with Crippen molar-refractivity contribution < 1.29 is 0 Å². The first kappa shape index (κ1) is 13.6. The van der Waals surface area contributed by atoms with E-state index < -0.39 is 0 Å². The van der Waals surface area contributed by atoms with Crippen molar-refractivity contribution in [3.8, 4) is 0 Å². The van der Waals surface area contributed by atoms with Gasteiger partial charge < -0.3 is 5.32 Å². The van der Waals surface area contributed by atoms with E-state index in [0.717, 1.165) is 29.6 Å². The van der Waals surface area contributed by atoms with Gasteiger partial charge in [0.1, 0.15) is 0 Å². The van der Waals surface area contributed by atoms with E-state index in [2.05, 4.69) is 55.1 Å². The van der Waals surface area contributed by atoms with Crippen LogP contribution < -0.4 is 5.32 Å². The van der Waals surface area contributed by atoms with Crippen LogP contribution in [-0.4, -0.2) is 15.3 Å². The van der Waals surface area contributed by atoms with Crippen LogP contribution in [0.4, 0.5) is 0 Å². The van der Waals surface area contributed by atoms with Crippen LogP contribution in [0.15, 0.2) is 34.9 Å². The summed E-state index contributed by atoms with van der Waals surface area (Å²) in [6, 6.07) is 8.56. The second kappa shape index (κ2) is 6.97. The highest BCUT2D eigenvalue weighted by molar-refractivity contribution is 9.10. The van der Waals surface area contributed by atoms with Gasteiger partial charge in [-0.1, -0.05) is 41.1 Å². The largest absolute Gasteiger partial charge is 0.308 e. The predicted molar refractivity (Wildman–Crippen MR) is 78.8 cm³/mol. The molecule has 1 atom stereocenters. The van der Waals surface area contributed by atoms with Gasteiger partial charge >= 0.3 is 0 Å². The van der Waals surface area contributed by atoms with Crippen LogP contribution in [-0.2, 0) is 6.42 Å². The molecule has 18 heavy (non-hydrogen) atoms. The molecule has 1 heterocycles. The molecular weight excluding hydrogens is 310 g/mol. The summed E-state index contributed by atoms with van der Waals surface area (Å²) in [6.07, 6.45) is 3.89. The quantitative estimate of drug-likeness (QED) is 0.882. The fourth-order valence-corrected chi connectivity index (χ4v) is 2.73. The average Bonchev–Trinajstić information content (AvgIpc) is 2.90. The van der Waals surface area contributed by atoms with Crippen LogP contribution in [0, 0.1) is 0 Å². The molecule has 1 unspecified atom stereocenters. The molecule has 0 spiro atoms. The van der Waals surface area contributed by atoms with Crippen LogP contribution >= 0.6 is 27.7 Å². The molecule has 1 aromatic heterocycles. The van der Waals surface area contributed by atoms with Crippen molar-refractivity contribution in [2.75, 3.05) is 6.54 Å². The van der Waals surface area contributed by atoms with E-state index in [1.54, 1.807) is 0 Å². The highest BCUT2D eigenvalue weighted by atomic mass is 79.9. The lowest BCUT2D eigenvalue weighted by Crippen LogP contribution is -2.24. The molecule has 0 radical (unpaired) electrons. The highest BCUT2D eigenvalue weighted by Crippen LogP contribution is 2.23. The van der Waals surface area contributed by atoms with Gasteiger partial charge in [-0.2, -0.15) is 8.75 Å². The first-order chi connectivity index (χ1) is 8.81. The normalized spacial score (nSPS) is 12.6. The molecule has 0 fully saturated rings. The first-order valence-electron chi connectivity index (χ1n) is 6.05. The number of nitrogens with zero attached hydrogens (tertiary/aromatic N) is 2. The van der Waals surface area contributed by atoms with E-state index in [0.29, 0.717) is 0 Å². The Bertz CT molecular complexity index is 473. The summed E-state index contributed by atoms with van der Waals surface area (Å²) in [5, 5.41) is 3.53. The van der Waals surface area contributed by atoms with Crippen molar-refractivity contribution in [1.82, 2.24) is 14.1 Å². The van der Waals surface area contributed by atoms with Gasteiger partial charge in [0.25, 0.3) is 0 Å². The van der Waals surface area contributed by atoms with Gasteiger partial charge in [-0.25, -0.2) is 0 Å². The summed E-state index contributed by atoms with van der Waals surface area (Å²) in [5.41, 5.74) is 2.32. The molecule has 0 bridgehead atoms. The molecule has 0 aliphatic rings. The minimum Gasteiger partial charge on any atom is -0.308 e. The monoisotopic (exact) mass is 325 g/mol. The maximum absolute atomic E-state index is 4.35. The Morgan fingerprint density at radius 3 is 2.89 bits per heavy atom. The summed E-state index contributed by atoms with van der Waals surface area (Å²) < 4.78 is 9.59. The van der Waals surface area contributed by atoms with Crippen molar-refractivity contribution in [2.24, 2.45) is 0 Å². The minimum absolute atomic E-state index is 0.238. The maximum Gasteiger partial charge on any atom is 0.0915 e. The van der Waals surface area contributed by atoms with Crippen LogP contribution in [0.3, 0.4) is 0 Å². The molecule has 2 aromatic rings. The summed E-state index contributed by atoms with van der Waals surface area (Å²) in [5.74, 6) is 0. The third-order valence-corrected chi connectivity index (χ3v) is 4.02. The predicted octanol–water partition coefficient (Wildman–Crippen LogP) is 3.58. The van der Waals surface area contributed by atoms with Crippen molar-refractivity contribution >= 4 is 27.7 Å². The smallest absolute Gasteiger partial charge is 0.0915 e. The molecule has 2 rings (SSSR count).